The lowest BCUT2D eigenvalue weighted by molar-refractivity contribution is -0.136. The molecule has 0 bridgehead atoms. The van der Waals surface area contributed by atoms with Gasteiger partial charge in [-0.05, 0) is 62.8 Å². The summed E-state index contributed by atoms with van der Waals surface area (Å²) >= 11 is 0. The van der Waals surface area contributed by atoms with E-state index in [9.17, 15) is 33.6 Å². The summed E-state index contributed by atoms with van der Waals surface area (Å²) in [6, 6.07) is 8.61. The van der Waals surface area contributed by atoms with Crippen LogP contribution in [-0.4, -0.2) is 102 Å². The van der Waals surface area contributed by atoms with E-state index >= 15 is 0 Å². The second-order valence-corrected chi connectivity index (χ2v) is 15.6. The number of nitrogens with zero attached hydrogens (tertiary/aromatic N) is 5. The fourth-order valence-electron chi connectivity index (χ4n) is 8.50. The summed E-state index contributed by atoms with van der Waals surface area (Å²) in [5.74, 6) is -1.12. The number of hydrogen-bond donors (Lipinski definition) is 4. The van der Waals surface area contributed by atoms with Crippen molar-refractivity contribution in [1.29, 1.82) is 0 Å². The molecule has 1 aromatic heterocycles. The van der Waals surface area contributed by atoms with Gasteiger partial charge in [0.1, 0.15) is 30.1 Å². The number of imide groups is 2. The van der Waals surface area contributed by atoms with Crippen molar-refractivity contribution in [3.63, 3.8) is 0 Å². The number of alkyl carbamates (subject to hydrolysis) is 1. The summed E-state index contributed by atoms with van der Waals surface area (Å²) in [6.45, 7) is 2.57. The first-order chi connectivity index (χ1) is 29.5. The topological polar surface area (TPSA) is 222 Å². The predicted octanol–water partition coefficient (Wildman–Crippen LogP) is 4.35. The van der Waals surface area contributed by atoms with Gasteiger partial charge in [-0.3, -0.25) is 39.0 Å². The van der Waals surface area contributed by atoms with Crippen LogP contribution in [0.4, 0.5) is 27.9 Å². The minimum atomic E-state index is -1.09. The van der Waals surface area contributed by atoms with Crippen LogP contribution >= 0.6 is 0 Å². The number of ether oxygens (including phenoxy) is 2. The summed E-state index contributed by atoms with van der Waals surface area (Å²) in [5.41, 5.74) is 2.21. The van der Waals surface area contributed by atoms with Crippen molar-refractivity contribution in [2.45, 2.75) is 102 Å². The molecule has 2 fully saturated rings. The average Bonchev–Trinajstić information content (AvgIpc) is 3.88. The van der Waals surface area contributed by atoms with E-state index in [0.717, 1.165) is 55.7 Å². The number of methoxy groups -OCH3 is 1. The maximum Gasteiger partial charge on any atom is 0.407 e. The highest BCUT2D eigenvalue weighted by Gasteiger charge is 2.46. The maximum absolute atomic E-state index is 13.3. The smallest absolute Gasteiger partial charge is 0.407 e. The molecule has 18 nitrogen and oxygen atoms in total. The highest BCUT2D eigenvalue weighted by molar-refractivity contribution is 6.24. The van der Waals surface area contributed by atoms with Crippen molar-refractivity contribution >= 4 is 64.7 Å². The molecule has 2 atom stereocenters. The van der Waals surface area contributed by atoms with Crippen molar-refractivity contribution < 1.29 is 43.0 Å². The zero-order valence-electron chi connectivity index (χ0n) is 34.6. The minimum Gasteiger partial charge on any atom is -0.495 e. The molecule has 0 radical (unpaired) electrons. The number of carbonyl (C=O) groups is 7. The van der Waals surface area contributed by atoms with E-state index in [-0.39, 0.29) is 54.5 Å². The van der Waals surface area contributed by atoms with E-state index in [1.54, 1.807) is 48.5 Å². The lowest BCUT2D eigenvalue weighted by Gasteiger charge is -2.43. The molecule has 0 spiro atoms. The number of rotatable bonds is 16. The molecular weight excluding hydrogens is 787 g/mol. The standard InChI is InChI=1S/C43H51N9O9/c1-4-30-40(57)50(2)32-23-46-42(49-36(32)51(30)27-13-7-8-14-27)47-29-17-16-25(22-33(29)60-3)37(54)44-20-9-5-6-10-21-45-43(59)61-24-26-12-11-15-28-35(26)41(58)52(39(28)56)31-18-19-34(53)48-38(31)55/h11-12,15-17,22-23,27,30-31H,4-10,13-14,18-21,24H2,1-3H3,(H,44,54)(H,45,59)(H,46,47,49)(H,48,53,55)/t30-,31?/m1/s1. The molecule has 1 aliphatic carbocycles. The van der Waals surface area contributed by atoms with Gasteiger partial charge in [-0.1, -0.05) is 44.7 Å². The molecule has 4 N–H and O–H groups in total. The Kier molecular flexibility index (Phi) is 13.1. The number of unbranched alkanes of at least 4 members (excludes halogenated alkanes) is 3. The van der Waals surface area contributed by atoms with E-state index in [1.807, 2.05) is 6.92 Å². The molecule has 3 aromatic rings. The zero-order chi connectivity index (χ0) is 43.2. The Morgan fingerprint density at radius 2 is 1.69 bits per heavy atom. The Morgan fingerprint density at radius 3 is 2.41 bits per heavy atom. The molecule has 61 heavy (non-hydrogen) atoms. The third-order valence-corrected chi connectivity index (χ3v) is 11.7. The van der Waals surface area contributed by atoms with E-state index in [4.69, 9.17) is 14.5 Å². The Balaban J connectivity index is 0.828. The van der Waals surface area contributed by atoms with Crippen molar-refractivity contribution in [2.24, 2.45) is 0 Å². The average molecular weight is 838 g/mol. The molecule has 18 heteroatoms. The summed E-state index contributed by atoms with van der Waals surface area (Å²) in [7, 11) is 3.29. The summed E-state index contributed by atoms with van der Waals surface area (Å²) < 4.78 is 11.0. The molecule has 1 saturated heterocycles. The third kappa shape index (κ3) is 8.98. The highest BCUT2D eigenvalue weighted by Crippen LogP contribution is 2.40. The number of likely N-dealkylation sites (N-methyl/N-ethyl adjacent to an activating group) is 1. The molecule has 7 rings (SSSR count). The summed E-state index contributed by atoms with van der Waals surface area (Å²) in [6.07, 6.45) is 8.99. The first-order valence-electron chi connectivity index (χ1n) is 20.9. The number of carbonyl (C=O) groups excluding carboxylic acids is 7. The SMILES string of the molecule is CC[C@@H]1C(=O)N(C)c2cnc(Nc3ccc(C(=O)NCCCCCCNC(=O)OCc4cccc5c4C(=O)N(C4CCC(=O)NC4=O)C5=O)cc3OC)nc2N1C1CCCC1. The monoisotopic (exact) mass is 837 g/mol. The number of nitrogens with one attached hydrogen (secondary N) is 4. The molecule has 1 unspecified atom stereocenters. The van der Waals surface area contributed by atoms with Gasteiger partial charge in [0.2, 0.25) is 23.7 Å². The van der Waals surface area contributed by atoms with Crippen molar-refractivity contribution in [3.05, 3.63) is 64.8 Å². The van der Waals surface area contributed by atoms with Crippen molar-refractivity contribution in [3.8, 4) is 5.75 Å². The first kappa shape index (κ1) is 42.5. The minimum absolute atomic E-state index is 0.0138. The van der Waals surface area contributed by atoms with Gasteiger partial charge in [-0.25, -0.2) is 9.78 Å². The van der Waals surface area contributed by atoms with Crippen molar-refractivity contribution in [1.82, 2.24) is 30.8 Å². The fourth-order valence-corrected chi connectivity index (χ4v) is 8.50. The fraction of sp³-hybridized carbons (Fsp3) is 0.465. The van der Waals surface area contributed by atoms with Crippen LogP contribution in [0.2, 0.25) is 0 Å². The number of anilines is 4. The second-order valence-electron chi connectivity index (χ2n) is 15.6. The maximum atomic E-state index is 13.3. The van der Waals surface area contributed by atoms with Crippen LogP contribution in [0.1, 0.15) is 114 Å². The lowest BCUT2D eigenvalue weighted by Crippen LogP contribution is -2.55. The van der Waals surface area contributed by atoms with Gasteiger partial charge in [0.05, 0.1) is 30.1 Å². The van der Waals surface area contributed by atoms with Crippen LogP contribution in [0.3, 0.4) is 0 Å². The number of benzene rings is 2. The largest absolute Gasteiger partial charge is 0.495 e. The van der Waals surface area contributed by atoms with Gasteiger partial charge in [0.25, 0.3) is 17.7 Å². The molecular formula is C43H51N9O9. The summed E-state index contributed by atoms with van der Waals surface area (Å²) in [5, 5.41) is 11.0. The van der Waals surface area contributed by atoms with Crippen LogP contribution < -0.4 is 35.8 Å². The molecule has 4 heterocycles. The molecule has 322 valence electrons. The summed E-state index contributed by atoms with van der Waals surface area (Å²) in [4.78, 5) is 103. The van der Waals surface area contributed by atoms with E-state index in [1.165, 1.54) is 13.2 Å². The lowest BCUT2D eigenvalue weighted by atomic mass is 10.0. The normalized spacial score (nSPS) is 18.8. The third-order valence-electron chi connectivity index (χ3n) is 11.7. The first-order valence-corrected chi connectivity index (χ1v) is 20.9. The van der Waals surface area contributed by atoms with E-state index in [0.29, 0.717) is 60.1 Å². The Bertz CT molecular complexity index is 2230. The van der Waals surface area contributed by atoms with Gasteiger partial charge < -0.3 is 35.2 Å². The van der Waals surface area contributed by atoms with Crippen LogP contribution in [0.25, 0.3) is 0 Å². The van der Waals surface area contributed by atoms with Crippen LogP contribution in [0.15, 0.2) is 42.6 Å². The quantitative estimate of drug-likeness (QED) is 0.117. The number of amides is 7. The van der Waals surface area contributed by atoms with Crippen LogP contribution in [-0.2, 0) is 25.7 Å². The Morgan fingerprint density at radius 1 is 0.934 bits per heavy atom. The van der Waals surface area contributed by atoms with E-state index < -0.39 is 35.8 Å². The number of aromatic nitrogens is 2. The molecule has 4 aliphatic rings. The van der Waals surface area contributed by atoms with Gasteiger partial charge in [-0.2, -0.15) is 4.98 Å². The van der Waals surface area contributed by atoms with E-state index in [2.05, 4.69) is 31.2 Å². The number of hydrogen-bond acceptors (Lipinski definition) is 13. The van der Waals surface area contributed by atoms with Crippen LogP contribution in [0.5, 0.6) is 5.75 Å². The van der Waals surface area contributed by atoms with Crippen molar-refractivity contribution in [2.75, 3.05) is 42.4 Å². The van der Waals surface area contributed by atoms with Gasteiger partial charge in [0, 0.05) is 43.7 Å². The predicted molar refractivity (Wildman–Crippen MR) is 223 cm³/mol. The molecule has 7 amide bonds. The van der Waals surface area contributed by atoms with Gasteiger partial charge >= 0.3 is 6.09 Å². The second kappa shape index (κ2) is 18.8. The zero-order valence-corrected chi connectivity index (χ0v) is 34.6. The Hall–Kier alpha value is -6.59. The molecule has 2 aromatic carbocycles. The van der Waals surface area contributed by atoms with Crippen LogP contribution in [0, 0.1) is 0 Å². The van der Waals surface area contributed by atoms with Gasteiger partial charge in [0.15, 0.2) is 5.82 Å². The number of fused-ring (bicyclic) bond motifs is 2. The highest BCUT2D eigenvalue weighted by atomic mass is 16.5. The molecule has 1 saturated carbocycles. The van der Waals surface area contributed by atoms with Gasteiger partial charge in [-0.15, -0.1) is 0 Å². The molecule has 3 aliphatic heterocycles. The Labute approximate surface area is 353 Å². The number of piperidine rings is 1.